The lowest BCUT2D eigenvalue weighted by Gasteiger charge is -2.37. The molecule has 1 aliphatic rings. The Morgan fingerprint density at radius 1 is 0.902 bits per heavy atom. The van der Waals surface area contributed by atoms with Crippen LogP contribution in [-0.4, -0.2) is 48.7 Å². The fraction of sp³-hybridized carbons (Fsp3) is 0.290. The van der Waals surface area contributed by atoms with Gasteiger partial charge in [0.1, 0.15) is 23.2 Å². The number of aryl methyl sites for hydroxylation is 1. The zero-order valence-electron chi connectivity index (χ0n) is 23.0. The third-order valence-corrected chi connectivity index (χ3v) is 7.44. The number of halogens is 1. The first-order chi connectivity index (χ1) is 19.8. The van der Waals surface area contributed by atoms with Gasteiger partial charge >= 0.3 is 5.69 Å². The van der Waals surface area contributed by atoms with E-state index in [0.29, 0.717) is 11.5 Å². The van der Waals surface area contributed by atoms with Gasteiger partial charge in [-0.3, -0.25) is 14.3 Å². The normalized spacial score (nSPS) is 20.6. The van der Waals surface area contributed by atoms with Gasteiger partial charge in [-0.1, -0.05) is 54.6 Å². The molecular formula is C31H32FN3O6. The number of H-pyrrole nitrogens is 1. The molecule has 5 rings (SSSR count). The summed E-state index contributed by atoms with van der Waals surface area (Å²) in [5.74, 6) is 1.35. The predicted octanol–water partition coefficient (Wildman–Crippen LogP) is 3.43. The monoisotopic (exact) mass is 561 g/mol. The standard InChI is InChI=1S/C31H32FN3O6/c1-19-17-35(30(37)34-28(19)36)29-26(32)27(33)25(41-29)18-40-31(20-7-5-4-6-8-20,21-9-13-23(38-2)14-10-21)22-11-15-24(39-3)16-12-22/h4-17,25-27,29H,18,33H2,1-3H3,(H,34,36,37)/t25-,26-,27-,29-/m1/s1. The molecule has 1 aliphatic heterocycles. The molecule has 0 bridgehead atoms. The molecule has 0 aliphatic carbocycles. The van der Waals surface area contributed by atoms with Gasteiger partial charge in [0.2, 0.25) is 0 Å². The molecule has 0 radical (unpaired) electrons. The molecule has 1 aromatic heterocycles. The van der Waals surface area contributed by atoms with Crippen molar-refractivity contribution in [2.24, 2.45) is 5.73 Å². The SMILES string of the molecule is COc1ccc(C(OC[C@H]2O[C@@H](n3cc(C)c(=O)[nH]c3=O)[C@H](F)[C@@H]2N)(c2ccccc2)c2ccc(OC)cc2)cc1. The Kier molecular flexibility index (Phi) is 8.07. The van der Waals surface area contributed by atoms with Crippen LogP contribution in [0.2, 0.25) is 0 Å². The van der Waals surface area contributed by atoms with Crippen LogP contribution in [0.5, 0.6) is 11.5 Å². The predicted molar refractivity (Wildman–Crippen MR) is 151 cm³/mol. The van der Waals surface area contributed by atoms with Crippen LogP contribution < -0.4 is 26.5 Å². The van der Waals surface area contributed by atoms with E-state index in [2.05, 4.69) is 4.98 Å². The van der Waals surface area contributed by atoms with Crippen LogP contribution in [0.3, 0.4) is 0 Å². The molecule has 1 fully saturated rings. The lowest BCUT2D eigenvalue weighted by molar-refractivity contribution is -0.0840. The van der Waals surface area contributed by atoms with Crippen molar-refractivity contribution in [1.29, 1.82) is 0 Å². The van der Waals surface area contributed by atoms with Crippen molar-refractivity contribution in [3.05, 3.63) is 128 Å². The number of alkyl halides is 1. The molecule has 0 spiro atoms. The Labute approximate surface area is 236 Å². The van der Waals surface area contributed by atoms with Crippen molar-refractivity contribution in [3.63, 3.8) is 0 Å². The minimum Gasteiger partial charge on any atom is -0.497 e. The highest BCUT2D eigenvalue weighted by Crippen LogP contribution is 2.42. The molecule has 41 heavy (non-hydrogen) atoms. The number of hydrogen-bond donors (Lipinski definition) is 2. The molecule has 3 N–H and O–H groups in total. The first kappa shape index (κ1) is 28.3. The molecule has 2 heterocycles. The van der Waals surface area contributed by atoms with Gasteiger partial charge in [-0.05, 0) is 47.9 Å². The Morgan fingerprint density at radius 3 is 1.98 bits per heavy atom. The van der Waals surface area contributed by atoms with Gasteiger partial charge in [0.15, 0.2) is 12.4 Å². The minimum absolute atomic E-state index is 0.109. The van der Waals surface area contributed by atoms with Crippen molar-refractivity contribution in [2.45, 2.75) is 37.1 Å². The highest BCUT2D eigenvalue weighted by molar-refractivity contribution is 5.49. The summed E-state index contributed by atoms with van der Waals surface area (Å²) in [4.78, 5) is 26.5. The van der Waals surface area contributed by atoms with Gasteiger partial charge in [-0.2, -0.15) is 0 Å². The number of nitrogens with zero attached hydrogens (tertiary/aromatic N) is 1. The second kappa shape index (κ2) is 11.7. The number of ether oxygens (including phenoxy) is 4. The third-order valence-electron chi connectivity index (χ3n) is 7.44. The number of nitrogens with two attached hydrogens (primary N) is 1. The van der Waals surface area contributed by atoms with Gasteiger partial charge < -0.3 is 24.7 Å². The van der Waals surface area contributed by atoms with Gasteiger partial charge in [0, 0.05) is 11.8 Å². The summed E-state index contributed by atoms with van der Waals surface area (Å²) in [5.41, 5.74) is 6.46. The summed E-state index contributed by atoms with van der Waals surface area (Å²) < 4.78 is 40.1. The van der Waals surface area contributed by atoms with Crippen LogP contribution in [0.1, 0.15) is 28.5 Å². The fourth-order valence-corrected chi connectivity index (χ4v) is 5.17. The zero-order valence-corrected chi connectivity index (χ0v) is 23.0. The maximum atomic E-state index is 15.5. The second-order valence-electron chi connectivity index (χ2n) is 9.88. The third kappa shape index (κ3) is 5.29. The van der Waals surface area contributed by atoms with E-state index in [1.807, 2.05) is 78.9 Å². The van der Waals surface area contributed by atoms with Crippen LogP contribution >= 0.6 is 0 Å². The average molecular weight is 562 g/mol. The maximum Gasteiger partial charge on any atom is 0.330 e. The van der Waals surface area contributed by atoms with Crippen molar-refractivity contribution >= 4 is 0 Å². The van der Waals surface area contributed by atoms with E-state index in [4.69, 9.17) is 24.7 Å². The Morgan fingerprint density at radius 2 is 1.44 bits per heavy atom. The number of benzene rings is 3. The molecular weight excluding hydrogens is 529 g/mol. The van der Waals surface area contributed by atoms with Crippen LogP contribution in [0, 0.1) is 6.92 Å². The Balaban J connectivity index is 1.56. The van der Waals surface area contributed by atoms with Crippen LogP contribution in [0.4, 0.5) is 4.39 Å². The Hall–Kier alpha value is -4.25. The van der Waals surface area contributed by atoms with Crippen molar-refractivity contribution in [3.8, 4) is 11.5 Å². The molecule has 3 aromatic carbocycles. The van der Waals surface area contributed by atoms with E-state index >= 15 is 4.39 Å². The molecule has 1 saturated heterocycles. The molecule has 4 aromatic rings. The highest BCUT2D eigenvalue weighted by Gasteiger charge is 2.47. The van der Waals surface area contributed by atoms with E-state index in [-0.39, 0.29) is 12.2 Å². The quantitative estimate of drug-likeness (QED) is 0.301. The summed E-state index contributed by atoms with van der Waals surface area (Å²) in [6.07, 6.45) is -2.68. The summed E-state index contributed by atoms with van der Waals surface area (Å²) in [6.45, 7) is 1.41. The van der Waals surface area contributed by atoms with E-state index in [9.17, 15) is 9.59 Å². The molecule has 9 nitrogen and oxygen atoms in total. The number of rotatable bonds is 9. The van der Waals surface area contributed by atoms with Crippen molar-refractivity contribution < 1.29 is 23.3 Å². The van der Waals surface area contributed by atoms with Crippen LogP contribution in [0.15, 0.2) is 94.6 Å². The highest BCUT2D eigenvalue weighted by atomic mass is 19.1. The zero-order chi connectivity index (χ0) is 29.1. The van der Waals surface area contributed by atoms with Gasteiger partial charge in [-0.25, -0.2) is 9.18 Å². The van der Waals surface area contributed by atoms with Crippen LogP contribution in [-0.2, 0) is 15.1 Å². The van der Waals surface area contributed by atoms with Crippen LogP contribution in [0.25, 0.3) is 0 Å². The number of methoxy groups -OCH3 is 2. The number of nitrogens with one attached hydrogen (secondary N) is 1. The summed E-state index contributed by atoms with van der Waals surface area (Å²) in [6, 6.07) is 23.6. The number of aromatic amines is 1. The van der Waals surface area contributed by atoms with E-state index in [1.165, 1.54) is 13.1 Å². The molecule has 0 amide bonds. The average Bonchev–Trinajstić information content (AvgIpc) is 3.29. The Bertz CT molecular complexity index is 1540. The van der Waals surface area contributed by atoms with Gasteiger partial charge in [0.25, 0.3) is 5.56 Å². The molecule has 214 valence electrons. The molecule has 0 saturated carbocycles. The van der Waals surface area contributed by atoms with Gasteiger partial charge in [0.05, 0.1) is 26.9 Å². The summed E-state index contributed by atoms with van der Waals surface area (Å²) in [7, 11) is 3.19. The number of aromatic nitrogens is 2. The summed E-state index contributed by atoms with van der Waals surface area (Å²) in [5, 5.41) is 0. The molecule has 0 unspecified atom stereocenters. The van der Waals surface area contributed by atoms with Crippen molar-refractivity contribution in [1.82, 2.24) is 9.55 Å². The summed E-state index contributed by atoms with van der Waals surface area (Å²) >= 11 is 0. The second-order valence-corrected chi connectivity index (χ2v) is 9.88. The maximum absolute atomic E-state index is 15.5. The molecule has 4 atom stereocenters. The first-order valence-electron chi connectivity index (χ1n) is 13.1. The largest absolute Gasteiger partial charge is 0.497 e. The lowest BCUT2D eigenvalue weighted by atomic mass is 9.80. The fourth-order valence-electron chi connectivity index (χ4n) is 5.17. The smallest absolute Gasteiger partial charge is 0.330 e. The topological polar surface area (TPSA) is 118 Å². The van der Waals surface area contributed by atoms with Gasteiger partial charge in [-0.15, -0.1) is 0 Å². The van der Waals surface area contributed by atoms with E-state index < -0.39 is 41.4 Å². The molecule has 10 heteroatoms. The number of hydrogen-bond acceptors (Lipinski definition) is 7. The lowest BCUT2D eigenvalue weighted by Crippen LogP contribution is -2.43. The van der Waals surface area contributed by atoms with Crippen molar-refractivity contribution in [2.75, 3.05) is 20.8 Å². The van der Waals surface area contributed by atoms with E-state index in [1.54, 1.807) is 14.2 Å². The first-order valence-corrected chi connectivity index (χ1v) is 13.1. The minimum atomic E-state index is -1.72. The van der Waals surface area contributed by atoms with E-state index in [0.717, 1.165) is 21.3 Å².